The van der Waals surface area contributed by atoms with E-state index in [1.54, 1.807) is 26.0 Å². The normalized spacial score (nSPS) is 17.8. The molecule has 1 N–H and O–H groups in total. The van der Waals surface area contributed by atoms with E-state index in [1.165, 1.54) is 6.07 Å². The Kier molecular flexibility index (Phi) is 6.00. The second-order valence-electron chi connectivity index (χ2n) is 6.36. The summed E-state index contributed by atoms with van der Waals surface area (Å²) in [5.41, 5.74) is -0.0170. The number of nitrogens with zero attached hydrogens (tertiary/aromatic N) is 2. The van der Waals surface area contributed by atoms with Gasteiger partial charge in [0.1, 0.15) is 11.4 Å². The van der Waals surface area contributed by atoms with E-state index in [-0.39, 0.29) is 12.4 Å². The van der Waals surface area contributed by atoms with E-state index in [0.29, 0.717) is 12.2 Å². The van der Waals surface area contributed by atoms with E-state index >= 15 is 0 Å². The average molecular weight is 320 g/mol. The quantitative estimate of drug-likeness (QED) is 0.810. The number of benzene rings is 1. The lowest BCUT2D eigenvalue weighted by atomic mass is 10.1. The molecule has 0 aromatic heterocycles. The average Bonchev–Trinajstić information content (AvgIpc) is 2.54. The van der Waals surface area contributed by atoms with Crippen LogP contribution in [-0.4, -0.2) is 61.0 Å². The van der Waals surface area contributed by atoms with Gasteiger partial charge in [-0.3, -0.25) is 4.90 Å². The van der Waals surface area contributed by atoms with Crippen LogP contribution < -0.4 is 4.90 Å². The van der Waals surface area contributed by atoms with Crippen LogP contribution in [0.25, 0.3) is 0 Å². The Labute approximate surface area is 137 Å². The lowest BCUT2D eigenvalue weighted by molar-refractivity contribution is -0.0376. The first-order chi connectivity index (χ1) is 10.9. The summed E-state index contributed by atoms with van der Waals surface area (Å²) < 4.78 is 19.3. The number of ether oxygens (including phenoxy) is 1. The van der Waals surface area contributed by atoms with Crippen LogP contribution in [0.4, 0.5) is 10.1 Å². The molecule has 0 unspecified atom stereocenters. The van der Waals surface area contributed by atoms with E-state index in [0.717, 1.165) is 26.2 Å². The minimum Gasteiger partial charge on any atom is -0.389 e. The first kappa shape index (κ1) is 17.7. The van der Waals surface area contributed by atoms with Gasteiger partial charge in [0.15, 0.2) is 0 Å². The molecule has 1 saturated heterocycles. The Morgan fingerprint density at radius 1 is 1.30 bits per heavy atom. The van der Waals surface area contributed by atoms with Crippen molar-refractivity contribution >= 4 is 5.69 Å². The molecule has 0 spiro atoms. The number of hydrogen-bond acceptors (Lipinski definition) is 4. The van der Waals surface area contributed by atoms with Crippen molar-refractivity contribution in [2.24, 2.45) is 0 Å². The number of rotatable bonds is 6. The predicted molar refractivity (Wildman–Crippen MR) is 89.9 cm³/mol. The second kappa shape index (κ2) is 7.78. The predicted octanol–water partition coefficient (Wildman–Crippen LogP) is 1.74. The van der Waals surface area contributed by atoms with Gasteiger partial charge in [0.2, 0.25) is 0 Å². The molecule has 1 atom stereocenters. The molecular weight excluding hydrogens is 295 g/mol. The van der Waals surface area contributed by atoms with E-state index in [2.05, 4.69) is 10.8 Å². The maximum absolute atomic E-state index is 13.8. The SMILES string of the molecule is C#CC(C)(C)OC[C@H](O)CN1CCN(c2ccccc2F)CC1. The molecule has 1 aliphatic heterocycles. The number of aliphatic hydroxyl groups excluding tert-OH is 1. The summed E-state index contributed by atoms with van der Waals surface area (Å²) in [4.78, 5) is 4.20. The van der Waals surface area contributed by atoms with Crippen LogP contribution in [0.5, 0.6) is 0 Å². The number of aliphatic hydroxyl groups is 1. The maximum Gasteiger partial charge on any atom is 0.146 e. The van der Waals surface area contributed by atoms with Crippen LogP contribution in [0.15, 0.2) is 24.3 Å². The zero-order valence-electron chi connectivity index (χ0n) is 13.8. The number of piperazine rings is 1. The van der Waals surface area contributed by atoms with Gasteiger partial charge >= 0.3 is 0 Å². The molecule has 4 nitrogen and oxygen atoms in total. The zero-order chi connectivity index (χ0) is 16.9. The lowest BCUT2D eigenvalue weighted by Crippen LogP contribution is -2.49. The van der Waals surface area contributed by atoms with Gasteiger partial charge < -0.3 is 14.7 Å². The highest BCUT2D eigenvalue weighted by Crippen LogP contribution is 2.20. The van der Waals surface area contributed by atoms with Gasteiger partial charge in [-0.05, 0) is 26.0 Å². The minimum atomic E-state index is -0.662. The van der Waals surface area contributed by atoms with Gasteiger partial charge in [0, 0.05) is 32.7 Å². The van der Waals surface area contributed by atoms with E-state index in [9.17, 15) is 9.50 Å². The highest BCUT2D eigenvalue weighted by atomic mass is 19.1. The summed E-state index contributed by atoms with van der Waals surface area (Å²) in [6.45, 7) is 7.39. The van der Waals surface area contributed by atoms with Gasteiger partial charge in [0.25, 0.3) is 0 Å². The number of terminal acetylenes is 1. The fraction of sp³-hybridized carbons (Fsp3) is 0.556. The molecule has 0 amide bonds. The van der Waals surface area contributed by atoms with E-state index in [4.69, 9.17) is 11.2 Å². The number of hydrogen-bond donors (Lipinski definition) is 1. The molecule has 0 radical (unpaired) electrons. The van der Waals surface area contributed by atoms with Gasteiger partial charge in [-0.25, -0.2) is 4.39 Å². The van der Waals surface area contributed by atoms with Crippen LogP contribution in [-0.2, 0) is 4.74 Å². The molecule has 0 aliphatic carbocycles. The number of β-amino-alcohol motifs (C(OH)–C–C–N with tert-alkyl or cyclic N) is 1. The number of halogens is 1. The molecular formula is C18H25FN2O2. The van der Waals surface area contributed by atoms with Gasteiger partial charge in [0.05, 0.1) is 18.4 Å². The largest absolute Gasteiger partial charge is 0.389 e. The van der Waals surface area contributed by atoms with Gasteiger partial charge in [-0.15, -0.1) is 6.42 Å². The van der Waals surface area contributed by atoms with Gasteiger partial charge in [-0.2, -0.15) is 0 Å². The van der Waals surface area contributed by atoms with Crippen molar-refractivity contribution in [3.05, 3.63) is 30.1 Å². The standard InChI is InChI=1S/C18H25FN2O2/c1-4-18(2,3)23-14-15(22)13-20-9-11-21(12-10-20)17-8-6-5-7-16(17)19/h1,5-8,15,22H,9-14H2,2-3H3/t15-/m1/s1. The van der Waals surface area contributed by atoms with Crippen molar-refractivity contribution in [3.63, 3.8) is 0 Å². The fourth-order valence-electron chi connectivity index (χ4n) is 2.58. The monoisotopic (exact) mass is 320 g/mol. The summed E-state index contributed by atoms with van der Waals surface area (Å²) in [7, 11) is 0. The molecule has 5 heteroatoms. The van der Waals surface area contributed by atoms with Crippen LogP contribution in [0.2, 0.25) is 0 Å². The van der Waals surface area contributed by atoms with Crippen LogP contribution >= 0.6 is 0 Å². The lowest BCUT2D eigenvalue weighted by Gasteiger charge is -2.37. The first-order valence-electron chi connectivity index (χ1n) is 7.93. The third kappa shape index (κ3) is 5.21. The molecule has 126 valence electrons. The van der Waals surface area contributed by atoms with Crippen molar-refractivity contribution in [3.8, 4) is 12.3 Å². The minimum absolute atomic E-state index is 0.189. The summed E-state index contributed by atoms with van der Waals surface area (Å²) >= 11 is 0. The third-order valence-corrected chi connectivity index (χ3v) is 4.02. The highest BCUT2D eigenvalue weighted by Gasteiger charge is 2.22. The van der Waals surface area contributed by atoms with Crippen molar-refractivity contribution in [1.29, 1.82) is 0 Å². The Morgan fingerprint density at radius 2 is 1.96 bits per heavy atom. The second-order valence-corrected chi connectivity index (χ2v) is 6.36. The molecule has 0 saturated carbocycles. The highest BCUT2D eigenvalue weighted by molar-refractivity contribution is 5.47. The fourth-order valence-corrected chi connectivity index (χ4v) is 2.58. The van der Waals surface area contributed by atoms with Crippen molar-refractivity contribution < 1.29 is 14.2 Å². The smallest absolute Gasteiger partial charge is 0.146 e. The maximum atomic E-state index is 13.8. The molecule has 1 heterocycles. The molecule has 1 aromatic carbocycles. The van der Waals surface area contributed by atoms with Crippen molar-refractivity contribution in [2.45, 2.75) is 25.6 Å². The first-order valence-corrected chi connectivity index (χ1v) is 7.93. The Bertz CT molecular complexity index is 548. The number of para-hydroxylation sites is 1. The zero-order valence-corrected chi connectivity index (χ0v) is 13.8. The molecule has 1 aliphatic rings. The molecule has 23 heavy (non-hydrogen) atoms. The topological polar surface area (TPSA) is 35.9 Å². The summed E-state index contributed by atoms with van der Waals surface area (Å²) in [5, 5.41) is 10.1. The third-order valence-electron chi connectivity index (χ3n) is 4.02. The summed E-state index contributed by atoms with van der Waals surface area (Å²) in [5.74, 6) is 2.35. The number of anilines is 1. The Morgan fingerprint density at radius 3 is 2.57 bits per heavy atom. The van der Waals surface area contributed by atoms with Crippen LogP contribution in [0.3, 0.4) is 0 Å². The molecule has 0 bridgehead atoms. The Balaban J connectivity index is 1.77. The van der Waals surface area contributed by atoms with Gasteiger partial charge in [-0.1, -0.05) is 18.1 Å². The van der Waals surface area contributed by atoms with Crippen molar-refractivity contribution in [1.82, 2.24) is 4.90 Å². The summed E-state index contributed by atoms with van der Waals surface area (Å²) in [6, 6.07) is 6.83. The van der Waals surface area contributed by atoms with Crippen LogP contribution in [0, 0.1) is 18.2 Å². The summed E-state index contributed by atoms with van der Waals surface area (Å²) in [6.07, 6.45) is 4.78. The molecule has 1 aromatic rings. The van der Waals surface area contributed by atoms with E-state index in [1.807, 2.05) is 11.0 Å². The molecule has 2 rings (SSSR count). The Hall–Kier alpha value is -1.61. The van der Waals surface area contributed by atoms with Crippen LogP contribution in [0.1, 0.15) is 13.8 Å². The van der Waals surface area contributed by atoms with Crippen molar-refractivity contribution in [2.75, 3.05) is 44.2 Å². The van der Waals surface area contributed by atoms with E-state index < -0.39 is 11.7 Å². The molecule has 1 fully saturated rings.